The molecule has 0 radical (unpaired) electrons. The van der Waals surface area contributed by atoms with E-state index in [0.29, 0.717) is 36.8 Å². The molecule has 1 aromatic carbocycles. The summed E-state index contributed by atoms with van der Waals surface area (Å²) in [6, 6.07) is 5.14. The van der Waals surface area contributed by atoms with E-state index in [-0.39, 0.29) is 18.5 Å². The first kappa shape index (κ1) is 20.0. The highest BCUT2D eigenvalue weighted by Gasteiger charge is 2.32. The lowest BCUT2D eigenvalue weighted by Crippen LogP contribution is -2.40. The quantitative estimate of drug-likeness (QED) is 0.696. The van der Waals surface area contributed by atoms with Crippen molar-refractivity contribution in [2.45, 2.75) is 32.1 Å². The fraction of sp³-hybridized carbons (Fsp3) is 0.524. The van der Waals surface area contributed by atoms with Crippen molar-refractivity contribution in [3.63, 3.8) is 0 Å². The van der Waals surface area contributed by atoms with E-state index in [2.05, 4.69) is 11.4 Å². The Kier molecular flexibility index (Phi) is 6.79. The van der Waals surface area contributed by atoms with E-state index < -0.39 is 0 Å². The summed E-state index contributed by atoms with van der Waals surface area (Å²) in [6.07, 6.45) is 7.98. The van der Waals surface area contributed by atoms with Gasteiger partial charge in [0.1, 0.15) is 18.0 Å². The molecule has 3 amide bonds. The second kappa shape index (κ2) is 9.48. The summed E-state index contributed by atoms with van der Waals surface area (Å²) in [5.41, 5.74) is 2.08. The summed E-state index contributed by atoms with van der Waals surface area (Å²) in [5.74, 6) is 1.13. The summed E-state index contributed by atoms with van der Waals surface area (Å²) < 4.78 is 10.6. The van der Waals surface area contributed by atoms with E-state index in [9.17, 15) is 9.59 Å². The first-order valence-corrected chi connectivity index (χ1v) is 9.85. The van der Waals surface area contributed by atoms with Gasteiger partial charge < -0.3 is 19.7 Å². The summed E-state index contributed by atoms with van der Waals surface area (Å²) >= 11 is 0. The van der Waals surface area contributed by atoms with Gasteiger partial charge >= 0.3 is 6.03 Å². The number of amides is 3. The molecule has 7 heteroatoms. The predicted octanol–water partition coefficient (Wildman–Crippen LogP) is 2.95. The molecule has 3 rings (SSSR count). The lowest BCUT2D eigenvalue weighted by Gasteiger charge is -2.21. The average molecular weight is 387 g/mol. The third-order valence-electron chi connectivity index (χ3n) is 5.26. The number of ether oxygens (including phenoxy) is 2. The van der Waals surface area contributed by atoms with Crippen molar-refractivity contribution in [3.05, 3.63) is 29.8 Å². The maximum Gasteiger partial charge on any atom is 0.325 e. The van der Waals surface area contributed by atoms with Crippen molar-refractivity contribution in [2.75, 3.05) is 45.3 Å². The van der Waals surface area contributed by atoms with Crippen LogP contribution >= 0.6 is 0 Å². The third kappa shape index (κ3) is 4.77. The van der Waals surface area contributed by atoms with Gasteiger partial charge in [-0.05, 0) is 44.2 Å². The van der Waals surface area contributed by atoms with Crippen molar-refractivity contribution in [3.8, 4) is 11.5 Å². The van der Waals surface area contributed by atoms with Gasteiger partial charge in [-0.15, -0.1) is 0 Å². The zero-order valence-electron chi connectivity index (χ0n) is 16.7. The molecule has 1 N–H and O–H groups in total. The van der Waals surface area contributed by atoms with Crippen LogP contribution in [-0.2, 0) is 4.79 Å². The number of carbonyl (C=O) groups is 2. The van der Waals surface area contributed by atoms with Crippen molar-refractivity contribution < 1.29 is 19.1 Å². The second-order valence-electron chi connectivity index (χ2n) is 7.10. The van der Waals surface area contributed by atoms with Gasteiger partial charge in [0.2, 0.25) is 5.91 Å². The van der Waals surface area contributed by atoms with Gasteiger partial charge in [0.25, 0.3) is 0 Å². The smallest absolute Gasteiger partial charge is 0.325 e. The molecule has 1 aliphatic carbocycles. The number of nitrogens with one attached hydrogen (secondary N) is 1. The van der Waals surface area contributed by atoms with E-state index in [4.69, 9.17) is 9.47 Å². The van der Waals surface area contributed by atoms with E-state index >= 15 is 0 Å². The zero-order chi connectivity index (χ0) is 19.9. The van der Waals surface area contributed by atoms with Crippen LogP contribution in [0.2, 0.25) is 0 Å². The zero-order valence-corrected chi connectivity index (χ0v) is 16.7. The van der Waals surface area contributed by atoms with Gasteiger partial charge in [-0.2, -0.15) is 0 Å². The number of hydrogen-bond donors (Lipinski definition) is 1. The molecule has 28 heavy (non-hydrogen) atoms. The molecular formula is C21H29N3O4. The molecule has 0 unspecified atom stereocenters. The minimum atomic E-state index is -0.198. The predicted molar refractivity (Wildman–Crippen MR) is 108 cm³/mol. The summed E-state index contributed by atoms with van der Waals surface area (Å²) in [6.45, 7) is 1.70. The molecule has 0 spiro atoms. The minimum absolute atomic E-state index is 0.0701. The number of benzene rings is 1. The fourth-order valence-electron chi connectivity index (χ4n) is 3.68. The summed E-state index contributed by atoms with van der Waals surface area (Å²) in [7, 11) is 3.15. The van der Waals surface area contributed by atoms with Gasteiger partial charge in [-0.25, -0.2) is 4.79 Å². The molecular weight excluding hydrogens is 358 g/mol. The highest BCUT2D eigenvalue weighted by Crippen LogP contribution is 2.34. The number of methoxy groups -OCH3 is 2. The molecule has 152 valence electrons. The molecule has 0 saturated carbocycles. The standard InChI is InChI=1S/C21H29N3O4/c1-27-17-8-9-19(28-2)18(14-17)24-13-12-23(21(24)26)15-20(25)22-11-10-16-6-4-3-5-7-16/h6,8-9,14H,3-5,7,10-13,15H2,1-2H3,(H,22,25). The third-order valence-corrected chi connectivity index (χ3v) is 5.26. The number of rotatable bonds is 8. The summed E-state index contributed by atoms with van der Waals surface area (Å²) in [4.78, 5) is 28.3. The SMILES string of the molecule is COc1ccc(OC)c(N2CCN(CC(=O)NCCC3=CCCCC3)C2=O)c1. The number of allylic oxidation sites excluding steroid dienone is 1. The van der Waals surface area contributed by atoms with Gasteiger partial charge in [0.15, 0.2) is 0 Å². The largest absolute Gasteiger partial charge is 0.497 e. The lowest BCUT2D eigenvalue weighted by atomic mass is 9.97. The minimum Gasteiger partial charge on any atom is -0.497 e. The molecule has 0 atom stereocenters. The lowest BCUT2D eigenvalue weighted by molar-refractivity contribution is -0.121. The Morgan fingerprint density at radius 3 is 2.75 bits per heavy atom. The highest BCUT2D eigenvalue weighted by molar-refractivity contribution is 5.97. The van der Waals surface area contributed by atoms with E-state index in [1.165, 1.54) is 18.4 Å². The second-order valence-corrected chi connectivity index (χ2v) is 7.10. The van der Waals surface area contributed by atoms with Crippen LogP contribution in [0, 0.1) is 0 Å². The molecule has 1 saturated heterocycles. The molecule has 0 bridgehead atoms. The number of carbonyl (C=O) groups excluding carboxylic acids is 2. The van der Waals surface area contributed by atoms with E-state index in [1.54, 1.807) is 42.2 Å². The van der Waals surface area contributed by atoms with Crippen molar-refractivity contribution in [2.24, 2.45) is 0 Å². The fourth-order valence-corrected chi connectivity index (χ4v) is 3.68. The Hall–Kier alpha value is -2.70. The van der Waals surface area contributed by atoms with Crippen LogP contribution in [0.4, 0.5) is 10.5 Å². The van der Waals surface area contributed by atoms with Crippen LogP contribution in [0.25, 0.3) is 0 Å². The van der Waals surface area contributed by atoms with E-state index in [0.717, 1.165) is 19.3 Å². The number of nitrogens with zero attached hydrogens (tertiary/aromatic N) is 2. The topological polar surface area (TPSA) is 71.1 Å². The van der Waals surface area contributed by atoms with Gasteiger partial charge in [0.05, 0.1) is 19.9 Å². The van der Waals surface area contributed by atoms with Crippen LogP contribution in [-0.4, -0.2) is 57.2 Å². The van der Waals surface area contributed by atoms with Crippen LogP contribution in [0.1, 0.15) is 32.1 Å². The Labute approximate surface area is 166 Å². The maximum absolute atomic E-state index is 12.8. The average Bonchev–Trinajstić information content (AvgIpc) is 3.08. The normalized spacial score (nSPS) is 16.8. The van der Waals surface area contributed by atoms with Crippen LogP contribution in [0.3, 0.4) is 0 Å². The van der Waals surface area contributed by atoms with Crippen LogP contribution in [0.5, 0.6) is 11.5 Å². The number of hydrogen-bond acceptors (Lipinski definition) is 4. The van der Waals surface area contributed by atoms with Crippen LogP contribution < -0.4 is 19.7 Å². The van der Waals surface area contributed by atoms with Crippen molar-refractivity contribution >= 4 is 17.6 Å². The first-order chi connectivity index (χ1) is 13.6. The van der Waals surface area contributed by atoms with Crippen LogP contribution in [0.15, 0.2) is 29.8 Å². The molecule has 1 aromatic rings. The maximum atomic E-state index is 12.8. The molecule has 0 aromatic heterocycles. The molecule has 7 nitrogen and oxygen atoms in total. The number of urea groups is 1. The Balaban J connectivity index is 1.54. The monoisotopic (exact) mass is 387 g/mol. The molecule has 1 fully saturated rings. The Morgan fingerprint density at radius 2 is 2.04 bits per heavy atom. The van der Waals surface area contributed by atoms with Gasteiger partial charge in [-0.3, -0.25) is 9.69 Å². The first-order valence-electron chi connectivity index (χ1n) is 9.85. The highest BCUT2D eigenvalue weighted by atomic mass is 16.5. The Bertz CT molecular complexity index is 747. The van der Waals surface area contributed by atoms with Crippen molar-refractivity contribution in [1.82, 2.24) is 10.2 Å². The number of anilines is 1. The van der Waals surface area contributed by atoms with Gasteiger partial charge in [0, 0.05) is 25.7 Å². The summed E-state index contributed by atoms with van der Waals surface area (Å²) in [5, 5.41) is 2.94. The Morgan fingerprint density at radius 1 is 1.18 bits per heavy atom. The van der Waals surface area contributed by atoms with Gasteiger partial charge in [-0.1, -0.05) is 11.6 Å². The van der Waals surface area contributed by atoms with Crippen molar-refractivity contribution in [1.29, 1.82) is 0 Å². The molecule has 2 aliphatic rings. The van der Waals surface area contributed by atoms with E-state index in [1.807, 2.05) is 0 Å². The molecule has 1 heterocycles. The molecule has 1 aliphatic heterocycles.